The number of hydrogen-bond donors (Lipinski definition) is 2. The van der Waals surface area contributed by atoms with Gasteiger partial charge >= 0.3 is 6.09 Å². The predicted octanol–water partition coefficient (Wildman–Crippen LogP) is 4.54. The molecule has 7 heteroatoms. The van der Waals surface area contributed by atoms with E-state index in [1.54, 1.807) is 45.0 Å². The first-order valence-corrected chi connectivity index (χ1v) is 12.2. The van der Waals surface area contributed by atoms with Crippen molar-refractivity contribution >= 4 is 17.9 Å². The minimum Gasteiger partial charge on any atom is -0.444 e. The number of nitrogens with one attached hydrogen (secondary N) is 2. The second-order valence-electron chi connectivity index (χ2n) is 10.0. The summed E-state index contributed by atoms with van der Waals surface area (Å²) in [6.07, 6.45) is 10.9. The van der Waals surface area contributed by atoms with Gasteiger partial charge in [0.05, 0.1) is 0 Å². The molecule has 0 radical (unpaired) electrons. The molecule has 0 saturated heterocycles. The van der Waals surface area contributed by atoms with Gasteiger partial charge in [-0.1, -0.05) is 76.3 Å². The fourth-order valence-electron chi connectivity index (χ4n) is 4.11. The van der Waals surface area contributed by atoms with Crippen molar-refractivity contribution in [3.05, 3.63) is 35.9 Å². The number of carbonyl (C=O) groups excluding carboxylic acids is 3. The lowest BCUT2D eigenvalue weighted by atomic mass is 9.94. The second-order valence-corrected chi connectivity index (χ2v) is 10.0. The van der Waals surface area contributed by atoms with Crippen LogP contribution in [0.1, 0.15) is 84.7 Å². The van der Waals surface area contributed by atoms with Gasteiger partial charge in [-0.2, -0.15) is 0 Å². The van der Waals surface area contributed by atoms with Crippen molar-refractivity contribution in [1.29, 1.82) is 0 Å². The summed E-state index contributed by atoms with van der Waals surface area (Å²) >= 11 is 0. The van der Waals surface area contributed by atoms with Crippen LogP contribution in [-0.4, -0.2) is 40.5 Å². The molecule has 186 valence electrons. The third-order valence-electron chi connectivity index (χ3n) is 6.10. The van der Waals surface area contributed by atoms with Crippen molar-refractivity contribution in [2.75, 3.05) is 0 Å². The molecule has 0 aliphatic heterocycles. The van der Waals surface area contributed by atoms with Crippen LogP contribution in [0, 0.1) is 18.4 Å². The lowest BCUT2D eigenvalue weighted by Crippen LogP contribution is -2.54. The highest BCUT2D eigenvalue weighted by Gasteiger charge is 2.38. The Hall–Kier alpha value is -3.01. The number of rotatable bonds is 8. The van der Waals surface area contributed by atoms with E-state index in [4.69, 9.17) is 11.2 Å². The summed E-state index contributed by atoms with van der Waals surface area (Å²) in [6, 6.07) is 9.56. The highest BCUT2D eigenvalue weighted by Crippen LogP contribution is 2.25. The molecule has 3 unspecified atom stereocenters. The van der Waals surface area contributed by atoms with Crippen molar-refractivity contribution in [3.63, 3.8) is 0 Å². The molecular formula is C27H39N3O4. The summed E-state index contributed by atoms with van der Waals surface area (Å²) in [4.78, 5) is 40.8. The number of amides is 3. The first kappa shape index (κ1) is 27.2. The number of terminal acetylenes is 1. The van der Waals surface area contributed by atoms with Crippen LogP contribution in [-0.2, 0) is 14.3 Å². The van der Waals surface area contributed by atoms with E-state index in [1.165, 1.54) is 0 Å². The van der Waals surface area contributed by atoms with Crippen LogP contribution in [0.15, 0.2) is 30.3 Å². The largest absolute Gasteiger partial charge is 0.444 e. The Morgan fingerprint density at radius 1 is 1.15 bits per heavy atom. The van der Waals surface area contributed by atoms with Crippen LogP contribution < -0.4 is 10.6 Å². The number of nitrogens with zero attached hydrogens (tertiary/aromatic N) is 1. The molecule has 1 aromatic carbocycles. The van der Waals surface area contributed by atoms with Crippen LogP contribution in [0.5, 0.6) is 0 Å². The van der Waals surface area contributed by atoms with E-state index >= 15 is 0 Å². The first-order valence-electron chi connectivity index (χ1n) is 12.2. The fourth-order valence-corrected chi connectivity index (χ4v) is 4.11. The number of ether oxygens (including phenoxy) is 1. The van der Waals surface area contributed by atoms with E-state index in [1.807, 2.05) is 19.9 Å². The smallest absolute Gasteiger partial charge is 0.408 e. The van der Waals surface area contributed by atoms with Crippen LogP contribution in [0.2, 0.25) is 0 Å². The number of alkyl carbamates (subject to hydrolysis) is 1. The summed E-state index contributed by atoms with van der Waals surface area (Å²) < 4.78 is 5.37. The number of hydrogen-bond acceptors (Lipinski definition) is 4. The monoisotopic (exact) mass is 469 g/mol. The zero-order valence-electron chi connectivity index (χ0n) is 21.1. The molecule has 2 rings (SSSR count). The van der Waals surface area contributed by atoms with Gasteiger partial charge in [0.1, 0.15) is 17.7 Å². The van der Waals surface area contributed by atoms with Gasteiger partial charge in [-0.3, -0.25) is 14.5 Å². The molecule has 3 atom stereocenters. The molecule has 1 aromatic rings. The fraction of sp³-hybridized carbons (Fsp3) is 0.593. The lowest BCUT2D eigenvalue weighted by Gasteiger charge is -2.33. The van der Waals surface area contributed by atoms with Gasteiger partial charge in [0, 0.05) is 12.1 Å². The SMILES string of the molecule is C#CN(C(=O)C(NC(=O)OC(C)(C)C)C(C)CC)C(C(=O)NC1CCCCC1)c1ccccc1. The molecule has 1 saturated carbocycles. The molecule has 1 aliphatic rings. The average Bonchev–Trinajstić information content (AvgIpc) is 2.80. The Morgan fingerprint density at radius 2 is 1.76 bits per heavy atom. The van der Waals surface area contributed by atoms with Gasteiger partial charge in [-0.05, 0) is 45.1 Å². The van der Waals surface area contributed by atoms with Crippen molar-refractivity contribution < 1.29 is 19.1 Å². The molecule has 3 amide bonds. The van der Waals surface area contributed by atoms with Gasteiger partial charge in [-0.15, -0.1) is 0 Å². The number of benzene rings is 1. The molecule has 1 fully saturated rings. The normalized spacial score (nSPS) is 16.9. The Balaban J connectivity index is 2.35. The summed E-state index contributed by atoms with van der Waals surface area (Å²) in [6.45, 7) is 9.03. The molecule has 1 aliphatic carbocycles. The summed E-state index contributed by atoms with van der Waals surface area (Å²) in [5.41, 5.74) is -0.104. The predicted molar refractivity (Wildman–Crippen MR) is 132 cm³/mol. The van der Waals surface area contributed by atoms with E-state index in [-0.39, 0.29) is 17.9 Å². The van der Waals surface area contributed by atoms with Crippen LogP contribution >= 0.6 is 0 Å². The van der Waals surface area contributed by atoms with Gasteiger partial charge in [-0.25, -0.2) is 4.79 Å². The lowest BCUT2D eigenvalue weighted by molar-refractivity contribution is -0.139. The zero-order chi connectivity index (χ0) is 25.3. The van der Waals surface area contributed by atoms with Gasteiger partial charge < -0.3 is 15.4 Å². The summed E-state index contributed by atoms with van der Waals surface area (Å²) in [5.74, 6) is -1.06. The third kappa shape index (κ3) is 7.79. The van der Waals surface area contributed by atoms with Crippen molar-refractivity contribution in [2.45, 2.75) is 96.9 Å². The van der Waals surface area contributed by atoms with E-state index in [0.29, 0.717) is 12.0 Å². The van der Waals surface area contributed by atoms with Crippen molar-refractivity contribution in [1.82, 2.24) is 15.5 Å². The first-order chi connectivity index (χ1) is 16.1. The number of carbonyl (C=O) groups is 3. The highest BCUT2D eigenvalue weighted by atomic mass is 16.6. The maximum absolute atomic E-state index is 13.7. The zero-order valence-corrected chi connectivity index (χ0v) is 21.1. The van der Waals surface area contributed by atoms with Gasteiger partial charge in [0.2, 0.25) is 5.91 Å². The summed E-state index contributed by atoms with van der Waals surface area (Å²) in [7, 11) is 0. The maximum Gasteiger partial charge on any atom is 0.408 e. The van der Waals surface area contributed by atoms with Crippen molar-refractivity contribution in [3.8, 4) is 12.5 Å². The van der Waals surface area contributed by atoms with Crippen LogP contribution in [0.3, 0.4) is 0 Å². The summed E-state index contributed by atoms with van der Waals surface area (Å²) in [5, 5.41) is 5.79. The molecule has 2 N–H and O–H groups in total. The van der Waals surface area contributed by atoms with E-state index in [0.717, 1.165) is 37.0 Å². The third-order valence-corrected chi connectivity index (χ3v) is 6.10. The molecule has 0 aromatic heterocycles. The Kier molecular flexibility index (Phi) is 9.97. The van der Waals surface area contributed by atoms with E-state index in [9.17, 15) is 14.4 Å². The van der Waals surface area contributed by atoms with E-state index in [2.05, 4.69) is 16.7 Å². The van der Waals surface area contributed by atoms with Crippen LogP contribution in [0.4, 0.5) is 4.79 Å². The Morgan fingerprint density at radius 3 is 2.29 bits per heavy atom. The molecule has 0 spiro atoms. The molecule has 7 nitrogen and oxygen atoms in total. The van der Waals surface area contributed by atoms with E-state index < -0.39 is 29.7 Å². The molecule has 0 bridgehead atoms. The quantitative estimate of drug-likeness (QED) is 0.432. The molecular weight excluding hydrogens is 430 g/mol. The van der Waals surface area contributed by atoms with Gasteiger partial charge in [0.15, 0.2) is 0 Å². The average molecular weight is 470 g/mol. The minimum atomic E-state index is -1.01. The second kappa shape index (κ2) is 12.5. The minimum absolute atomic E-state index is 0.0624. The Labute approximate surface area is 204 Å². The molecule has 34 heavy (non-hydrogen) atoms. The topological polar surface area (TPSA) is 87.7 Å². The Bertz CT molecular complexity index is 866. The highest BCUT2D eigenvalue weighted by molar-refractivity contribution is 5.93. The maximum atomic E-state index is 13.7. The molecule has 0 heterocycles. The standard InChI is InChI=1S/C27H39N3O4/c1-7-19(3)22(29-26(33)34-27(4,5)6)25(32)30(8-2)23(20-15-11-9-12-16-20)24(31)28-21-17-13-10-14-18-21/h2,9,11-12,15-16,19,21-23H,7,10,13-14,17-18H2,1,3-6H3,(H,28,31)(H,29,33). The van der Waals surface area contributed by atoms with Crippen LogP contribution in [0.25, 0.3) is 0 Å². The van der Waals surface area contributed by atoms with Gasteiger partial charge in [0.25, 0.3) is 5.91 Å². The van der Waals surface area contributed by atoms with Crippen molar-refractivity contribution in [2.24, 2.45) is 5.92 Å².